The molecule has 3 aromatic rings. The van der Waals surface area contributed by atoms with Crippen LogP contribution in [0.25, 0.3) is 11.4 Å². The van der Waals surface area contributed by atoms with Crippen LogP contribution in [0.3, 0.4) is 0 Å². The van der Waals surface area contributed by atoms with E-state index in [9.17, 15) is 23.1 Å². The van der Waals surface area contributed by atoms with Crippen LogP contribution in [0.1, 0.15) is 5.56 Å². The summed E-state index contributed by atoms with van der Waals surface area (Å²) >= 11 is 6.95. The van der Waals surface area contributed by atoms with Gasteiger partial charge in [-0.3, -0.25) is 4.79 Å². The van der Waals surface area contributed by atoms with E-state index in [0.29, 0.717) is 11.0 Å². The standard InChI is InChI=1S/C18H14ClF3N4O2S/c1-26-16(10-2-5-12(27)6-3-10)24-25-17(26)29-9-15(28)23-14-8-11(18(20,21)22)4-7-13(14)19/h2-8,27H,9H2,1H3,(H,23,28). The van der Waals surface area contributed by atoms with Crippen LogP contribution < -0.4 is 5.32 Å². The van der Waals surface area contributed by atoms with E-state index in [0.717, 1.165) is 35.5 Å². The Morgan fingerprint density at radius 1 is 1.21 bits per heavy atom. The summed E-state index contributed by atoms with van der Waals surface area (Å²) in [7, 11) is 1.71. The maximum atomic E-state index is 12.8. The zero-order chi connectivity index (χ0) is 21.2. The molecule has 2 N–H and O–H groups in total. The smallest absolute Gasteiger partial charge is 0.416 e. The van der Waals surface area contributed by atoms with Gasteiger partial charge in [-0.2, -0.15) is 13.2 Å². The molecule has 0 spiro atoms. The molecule has 1 heterocycles. The van der Waals surface area contributed by atoms with Crippen LogP contribution in [0.4, 0.5) is 18.9 Å². The molecule has 2 aromatic carbocycles. The van der Waals surface area contributed by atoms with Crippen molar-refractivity contribution in [2.75, 3.05) is 11.1 Å². The lowest BCUT2D eigenvalue weighted by molar-refractivity contribution is -0.137. The minimum absolute atomic E-state index is 0.00428. The summed E-state index contributed by atoms with van der Waals surface area (Å²) in [6, 6.07) is 9.10. The van der Waals surface area contributed by atoms with Crippen molar-refractivity contribution in [1.82, 2.24) is 14.8 Å². The van der Waals surface area contributed by atoms with Crippen molar-refractivity contribution in [3.05, 3.63) is 53.1 Å². The van der Waals surface area contributed by atoms with Gasteiger partial charge in [0.15, 0.2) is 11.0 Å². The Balaban J connectivity index is 1.67. The Morgan fingerprint density at radius 2 is 1.90 bits per heavy atom. The number of phenols is 1. The minimum Gasteiger partial charge on any atom is -0.508 e. The number of anilines is 1. The molecular formula is C18H14ClF3N4O2S. The van der Waals surface area contributed by atoms with E-state index in [4.69, 9.17) is 11.6 Å². The van der Waals surface area contributed by atoms with Gasteiger partial charge in [-0.1, -0.05) is 23.4 Å². The predicted octanol–water partition coefficient (Wildman–Crippen LogP) is 4.59. The van der Waals surface area contributed by atoms with Crippen LogP contribution in [0.15, 0.2) is 47.6 Å². The number of alkyl halides is 3. The molecule has 29 heavy (non-hydrogen) atoms. The number of benzene rings is 2. The number of hydrogen-bond acceptors (Lipinski definition) is 5. The van der Waals surface area contributed by atoms with E-state index in [1.54, 1.807) is 23.7 Å². The molecular weight excluding hydrogens is 429 g/mol. The monoisotopic (exact) mass is 442 g/mol. The number of rotatable bonds is 5. The molecule has 0 saturated carbocycles. The molecule has 0 radical (unpaired) electrons. The molecule has 0 fully saturated rings. The molecule has 0 atom stereocenters. The zero-order valence-electron chi connectivity index (χ0n) is 14.9. The Morgan fingerprint density at radius 3 is 2.55 bits per heavy atom. The summed E-state index contributed by atoms with van der Waals surface area (Å²) < 4.78 is 40.1. The van der Waals surface area contributed by atoms with E-state index in [2.05, 4.69) is 15.5 Å². The van der Waals surface area contributed by atoms with Crippen molar-refractivity contribution in [3.8, 4) is 17.1 Å². The number of aromatic nitrogens is 3. The summed E-state index contributed by atoms with van der Waals surface area (Å²) in [5, 5.41) is 20.3. The van der Waals surface area contributed by atoms with Crippen LogP contribution in [-0.4, -0.2) is 31.5 Å². The average molecular weight is 443 g/mol. The van der Waals surface area contributed by atoms with Crippen LogP contribution in [0, 0.1) is 0 Å². The molecule has 0 unspecified atom stereocenters. The highest BCUT2D eigenvalue weighted by Crippen LogP contribution is 2.34. The number of halogens is 4. The minimum atomic E-state index is -4.54. The lowest BCUT2D eigenvalue weighted by atomic mass is 10.2. The fraction of sp³-hybridized carbons (Fsp3) is 0.167. The molecule has 0 bridgehead atoms. The number of aromatic hydroxyl groups is 1. The number of phenolic OH excluding ortho intramolecular Hbond substituents is 1. The van der Waals surface area contributed by atoms with Gasteiger partial charge in [0, 0.05) is 12.6 Å². The van der Waals surface area contributed by atoms with Gasteiger partial charge in [0.05, 0.1) is 22.0 Å². The molecule has 0 aliphatic heterocycles. The van der Waals surface area contributed by atoms with E-state index in [-0.39, 0.29) is 22.2 Å². The largest absolute Gasteiger partial charge is 0.508 e. The third kappa shape index (κ3) is 5.01. The highest BCUT2D eigenvalue weighted by Gasteiger charge is 2.31. The van der Waals surface area contributed by atoms with Crippen LogP contribution in [-0.2, 0) is 18.0 Å². The summed E-state index contributed by atoms with van der Waals surface area (Å²) in [6.45, 7) is 0. The van der Waals surface area contributed by atoms with E-state index >= 15 is 0 Å². The number of nitrogens with one attached hydrogen (secondary N) is 1. The maximum absolute atomic E-state index is 12.8. The van der Waals surface area contributed by atoms with E-state index in [1.807, 2.05) is 0 Å². The zero-order valence-corrected chi connectivity index (χ0v) is 16.4. The third-order valence-corrected chi connectivity index (χ3v) is 5.21. The van der Waals surface area contributed by atoms with Crippen molar-refractivity contribution in [1.29, 1.82) is 0 Å². The molecule has 3 rings (SSSR count). The topological polar surface area (TPSA) is 80.0 Å². The first-order valence-corrected chi connectivity index (χ1v) is 9.49. The van der Waals surface area contributed by atoms with Crippen molar-refractivity contribution < 1.29 is 23.1 Å². The van der Waals surface area contributed by atoms with Gasteiger partial charge in [-0.15, -0.1) is 10.2 Å². The average Bonchev–Trinajstić information content (AvgIpc) is 3.02. The maximum Gasteiger partial charge on any atom is 0.416 e. The van der Waals surface area contributed by atoms with Gasteiger partial charge >= 0.3 is 6.18 Å². The van der Waals surface area contributed by atoms with Gasteiger partial charge < -0.3 is 15.0 Å². The Kier molecular flexibility index (Phi) is 6.04. The number of carbonyl (C=O) groups is 1. The normalized spacial score (nSPS) is 11.5. The predicted molar refractivity (Wildman–Crippen MR) is 104 cm³/mol. The first-order chi connectivity index (χ1) is 13.6. The van der Waals surface area contributed by atoms with Crippen molar-refractivity contribution in [2.45, 2.75) is 11.3 Å². The molecule has 6 nitrogen and oxygen atoms in total. The highest BCUT2D eigenvalue weighted by atomic mass is 35.5. The van der Waals surface area contributed by atoms with Gasteiger partial charge in [0.25, 0.3) is 0 Å². The lowest BCUT2D eigenvalue weighted by Gasteiger charge is -2.11. The quantitative estimate of drug-likeness (QED) is 0.565. The number of thioether (sulfide) groups is 1. The molecule has 11 heteroatoms. The number of hydrogen-bond donors (Lipinski definition) is 2. The first kappa shape index (κ1) is 21.0. The highest BCUT2D eigenvalue weighted by molar-refractivity contribution is 7.99. The van der Waals surface area contributed by atoms with E-state index < -0.39 is 17.6 Å². The van der Waals surface area contributed by atoms with Crippen LogP contribution in [0.2, 0.25) is 5.02 Å². The second-order valence-electron chi connectivity index (χ2n) is 5.94. The third-order valence-electron chi connectivity index (χ3n) is 3.86. The van der Waals surface area contributed by atoms with Crippen LogP contribution in [0.5, 0.6) is 5.75 Å². The molecule has 1 aromatic heterocycles. The Hall–Kier alpha value is -2.72. The fourth-order valence-electron chi connectivity index (χ4n) is 2.42. The Bertz CT molecular complexity index is 1040. The molecule has 0 saturated heterocycles. The SMILES string of the molecule is Cn1c(SCC(=O)Nc2cc(C(F)(F)F)ccc2Cl)nnc1-c1ccc(O)cc1. The summed E-state index contributed by atoms with van der Waals surface area (Å²) in [4.78, 5) is 12.2. The summed E-state index contributed by atoms with van der Waals surface area (Å²) in [5.74, 6) is 0.0170. The van der Waals surface area contributed by atoms with Crippen molar-refractivity contribution >= 4 is 35.0 Å². The summed E-state index contributed by atoms with van der Waals surface area (Å²) in [6.07, 6.45) is -4.54. The van der Waals surface area contributed by atoms with Crippen molar-refractivity contribution in [2.24, 2.45) is 7.05 Å². The molecule has 1 amide bonds. The van der Waals surface area contributed by atoms with E-state index in [1.165, 1.54) is 12.1 Å². The second kappa shape index (κ2) is 8.34. The van der Waals surface area contributed by atoms with Crippen LogP contribution >= 0.6 is 23.4 Å². The number of amides is 1. The first-order valence-electron chi connectivity index (χ1n) is 8.13. The molecule has 152 valence electrons. The number of nitrogens with zero attached hydrogens (tertiary/aromatic N) is 3. The summed E-state index contributed by atoms with van der Waals surface area (Å²) in [5.41, 5.74) is -0.295. The van der Waals surface area contributed by atoms with Gasteiger partial charge in [0.2, 0.25) is 5.91 Å². The fourth-order valence-corrected chi connectivity index (χ4v) is 3.29. The molecule has 0 aliphatic carbocycles. The lowest BCUT2D eigenvalue weighted by Crippen LogP contribution is -2.16. The number of carbonyl (C=O) groups excluding carboxylic acids is 1. The Labute approximate surface area is 172 Å². The molecule has 0 aliphatic rings. The van der Waals surface area contributed by atoms with Gasteiger partial charge in [0.1, 0.15) is 5.75 Å². The van der Waals surface area contributed by atoms with Gasteiger partial charge in [-0.25, -0.2) is 0 Å². The second-order valence-corrected chi connectivity index (χ2v) is 7.29. The van der Waals surface area contributed by atoms with Gasteiger partial charge in [-0.05, 0) is 42.5 Å². The van der Waals surface area contributed by atoms with Crippen molar-refractivity contribution in [3.63, 3.8) is 0 Å².